The molecule has 0 bridgehead atoms. The van der Waals surface area contributed by atoms with E-state index in [2.05, 4.69) is 56.0 Å². The van der Waals surface area contributed by atoms with Gasteiger partial charge >= 0.3 is 0 Å². The summed E-state index contributed by atoms with van der Waals surface area (Å²) in [6, 6.07) is 0. The quantitative estimate of drug-likeness (QED) is 0.0921. The molecule has 1 atom stereocenters. The lowest BCUT2D eigenvalue weighted by atomic mass is 10.0. The lowest BCUT2D eigenvalue weighted by molar-refractivity contribution is -0.135. The van der Waals surface area contributed by atoms with Crippen molar-refractivity contribution in [2.24, 2.45) is 5.16 Å². The van der Waals surface area contributed by atoms with E-state index in [4.69, 9.17) is 13.7 Å². The normalized spacial score (nSPS) is 17.4. The van der Waals surface area contributed by atoms with Crippen molar-refractivity contribution in [2.45, 2.75) is 117 Å². The van der Waals surface area contributed by atoms with E-state index in [0.29, 0.717) is 6.42 Å². The fraction of sp³-hybridized carbons (Fsp3) is 0.704. The highest BCUT2D eigenvalue weighted by Gasteiger charge is 2.22. The number of hydrogen-bond acceptors (Lipinski definition) is 5. The molecule has 0 unspecified atom stereocenters. The Morgan fingerprint density at radius 3 is 2.38 bits per heavy atom. The van der Waals surface area contributed by atoms with Crippen molar-refractivity contribution in [3.63, 3.8) is 0 Å². The van der Waals surface area contributed by atoms with Crippen molar-refractivity contribution in [3.8, 4) is 0 Å². The SMILES string of the molecule is CCCCC[C@@H](/C=C/C1=C(C/C=C/CCCC(=O)O[Si](C)(C)C)C(=N\OC)/CC1)O[Si](C)(C)C. The Kier molecular flexibility index (Phi) is 14.0. The van der Waals surface area contributed by atoms with Crippen molar-refractivity contribution in [1.82, 2.24) is 0 Å². The van der Waals surface area contributed by atoms with Crippen LogP contribution in [0.15, 0.2) is 40.6 Å². The first kappa shape index (κ1) is 30.6. The van der Waals surface area contributed by atoms with Crippen LogP contribution in [-0.4, -0.2) is 41.5 Å². The van der Waals surface area contributed by atoms with Crippen molar-refractivity contribution >= 4 is 28.3 Å². The fourth-order valence-corrected chi connectivity index (χ4v) is 5.82. The second-order valence-electron chi connectivity index (χ2n) is 11.0. The van der Waals surface area contributed by atoms with Gasteiger partial charge in [-0.1, -0.05) is 55.6 Å². The van der Waals surface area contributed by atoms with Crippen LogP contribution in [0.25, 0.3) is 0 Å². The summed E-state index contributed by atoms with van der Waals surface area (Å²) in [6.45, 7) is 15.1. The molecule has 1 rings (SSSR count). The van der Waals surface area contributed by atoms with Gasteiger partial charge < -0.3 is 13.7 Å². The molecular formula is C27H49NO4Si2. The first-order chi connectivity index (χ1) is 15.9. The van der Waals surface area contributed by atoms with Gasteiger partial charge in [-0.15, -0.1) is 0 Å². The van der Waals surface area contributed by atoms with Crippen LogP contribution in [0.3, 0.4) is 0 Å². The number of unbranched alkanes of at least 4 members (excludes halogenated alkanes) is 3. The van der Waals surface area contributed by atoms with E-state index in [-0.39, 0.29) is 12.1 Å². The molecule has 0 saturated carbocycles. The van der Waals surface area contributed by atoms with Crippen molar-refractivity contribution in [2.75, 3.05) is 7.11 Å². The minimum atomic E-state index is -1.79. The molecule has 34 heavy (non-hydrogen) atoms. The monoisotopic (exact) mass is 507 g/mol. The Balaban J connectivity index is 2.78. The predicted molar refractivity (Wildman–Crippen MR) is 149 cm³/mol. The summed E-state index contributed by atoms with van der Waals surface area (Å²) in [6.07, 6.45) is 18.7. The van der Waals surface area contributed by atoms with Crippen molar-refractivity contribution in [3.05, 3.63) is 35.5 Å². The summed E-state index contributed by atoms with van der Waals surface area (Å²) in [5.74, 6) is -0.0676. The largest absolute Gasteiger partial charge is 0.520 e. The van der Waals surface area contributed by atoms with Gasteiger partial charge in [0.15, 0.2) is 8.32 Å². The van der Waals surface area contributed by atoms with Crippen molar-refractivity contribution < 1.29 is 18.5 Å². The Labute approximate surface area is 211 Å². The molecule has 0 fully saturated rings. The number of nitrogens with zero attached hydrogens (tertiary/aromatic N) is 1. The molecule has 0 aliphatic heterocycles. The van der Waals surface area contributed by atoms with E-state index in [9.17, 15) is 4.79 Å². The first-order valence-corrected chi connectivity index (χ1v) is 19.8. The minimum absolute atomic E-state index is 0.0676. The van der Waals surface area contributed by atoms with Gasteiger partial charge in [-0.3, -0.25) is 4.79 Å². The third-order valence-electron chi connectivity index (χ3n) is 5.34. The third kappa shape index (κ3) is 14.1. The summed E-state index contributed by atoms with van der Waals surface area (Å²) < 4.78 is 12.0. The van der Waals surface area contributed by atoms with Crippen LogP contribution in [0.5, 0.6) is 0 Å². The molecule has 0 spiro atoms. The number of oxime groups is 1. The highest BCUT2D eigenvalue weighted by Crippen LogP contribution is 2.29. The van der Waals surface area contributed by atoms with Gasteiger partial charge in [0.05, 0.1) is 11.8 Å². The molecule has 7 heteroatoms. The lowest BCUT2D eigenvalue weighted by Gasteiger charge is -2.24. The summed E-state index contributed by atoms with van der Waals surface area (Å²) in [5.41, 5.74) is 3.63. The van der Waals surface area contributed by atoms with E-state index in [1.807, 2.05) is 19.6 Å². The molecule has 0 saturated heterocycles. The Hall–Kier alpha value is -1.45. The fourth-order valence-electron chi connectivity index (χ4n) is 3.93. The second-order valence-corrected chi connectivity index (χ2v) is 19.9. The summed E-state index contributed by atoms with van der Waals surface area (Å²) in [7, 11) is -1.79. The molecule has 5 nitrogen and oxygen atoms in total. The average molecular weight is 508 g/mol. The molecule has 194 valence electrons. The molecule has 1 aliphatic rings. The first-order valence-electron chi connectivity index (χ1n) is 13.0. The van der Waals surface area contributed by atoms with Crippen LogP contribution in [0.4, 0.5) is 0 Å². The predicted octanol–water partition coefficient (Wildman–Crippen LogP) is 7.93. The lowest BCUT2D eigenvalue weighted by Crippen LogP contribution is -2.31. The number of rotatable bonds is 16. The molecule has 0 radical (unpaired) electrons. The van der Waals surface area contributed by atoms with E-state index >= 15 is 0 Å². The van der Waals surface area contributed by atoms with E-state index in [0.717, 1.165) is 44.2 Å². The zero-order valence-electron chi connectivity index (χ0n) is 23.0. The van der Waals surface area contributed by atoms with Crippen LogP contribution in [0, 0.1) is 0 Å². The van der Waals surface area contributed by atoms with Gasteiger partial charge in [-0.25, -0.2) is 0 Å². The number of hydrogen-bond donors (Lipinski definition) is 0. The number of allylic oxidation sites excluding steroid dienone is 5. The molecule has 0 aromatic heterocycles. The Morgan fingerprint density at radius 2 is 1.76 bits per heavy atom. The molecule has 0 aromatic rings. The van der Waals surface area contributed by atoms with Crippen LogP contribution in [0.2, 0.25) is 39.3 Å². The van der Waals surface area contributed by atoms with Crippen LogP contribution >= 0.6 is 0 Å². The third-order valence-corrected chi connectivity index (χ3v) is 7.19. The Bertz CT molecular complexity index is 743. The van der Waals surface area contributed by atoms with E-state index < -0.39 is 16.6 Å². The van der Waals surface area contributed by atoms with Gasteiger partial charge in [0.1, 0.15) is 7.11 Å². The number of carbonyl (C=O) groups is 1. The standard InChI is InChI=1S/C27H49NO4Si2/c1-9-10-13-16-24(31-33(3,4)5)21-19-23-20-22-26(28-30-2)25(23)17-14-11-12-15-18-27(29)32-34(6,7)8/h11,14,19,21,24H,9-10,12-13,15-18,20,22H2,1-8H3/b14-11+,21-19+,28-26-/t24-/m0/s1. The average Bonchev–Trinajstić information content (AvgIpc) is 3.08. The van der Waals surface area contributed by atoms with Gasteiger partial charge in [-0.05, 0) is 89.0 Å². The van der Waals surface area contributed by atoms with Crippen LogP contribution in [0.1, 0.15) is 71.1 Å². The van der Waals surface area contributed by atoms with Crippen LogP contribution in [-0.2, 0) is 18.5 Å². The maximum Gasteiger partial charge on any atom is 0.292 e. The van der Waals surface area contributed by atoms with Gasteiger partial charge in [0.25, 0.3) is 5.97 Å². The summed E-state index contributed by atoms with van der Waals surface area (Å²) in [5, 5.41) is 4.28. The molecule has 1 aliphatic carbocycles. The highest BCUT2D eigenvalue weighted by molar-refractivity contribution is 6.71. The van der Waals surface area contributed by atoms with Gasteiger partial charge in [0, 0.05) is 6.42 Å². The van der Waals surface area contributed by atoms with Gasteiger partial charge in [0.2, 0.25) is 8.32 Å². The molecule has 0 heterocycles. The molecule has 0 N–H and O–H groups in total. The summed E-state index contributed by atoms with van der Waals surface area (Å²) in [4.78, 5) is 17.0. The second kappa shape index (κ2) is 15.5. The smallest absolute Gasteiger partial charge is 0.292 e. The maximum atomic E-state index is 11.9. The molecule has 0 amide bonds. The van der Waals surface area contributed by atoms with E-state index in [1.54, 1.807) is 7.11 Å². The topological polar surface area (TPSA) is 57.1 Å². The summed E-state index contributed by atoms with van der Waals surface area (Å²) >= 11 is 0. The zero-order chi connectivity index (χ0) is 25.6. The number of carbonyl (C=O) groups excluding carboxylic acids is 1. The van der Waals surface area contributed by atoms with E-state index in [1.165, 1.54) is 30.4 Å². The molecule has 0 aromatic carbocycles. The van der Waals surface area contributed by atoms with Gasteiger partial charge in [-0.2, -0.15) is 0 Å². The minimum Gasteiger partial charge on any atom is -0.520 e. The Morgan fingerprint density at radius 1 is 1.03 bits per heavy atom. The molecular weight excluding hydrogens is 458 g/mol. The highest BCUT2D eigenvalue weighted by atomic mass is 28.4. The van der Waals surface area contributed by atoms with Crippen molar-refractivity contribution in [1.29, 1.82) is 0 Å². The van der Waals surface area contributed by atoms with Crippen LogP contribution < -0.4 is 0 Å². The zero-order valence-corrected chi connectivity index (χ0v) is 25.0. The maximum absolute atomic E-state index is 11.9.